The zero-order valence-electron chi connectivity index (χ0n) is 12.9. The summed E-state index contributed by atoms with van der Waals surface area (Å²) in [5.74, 6) is -6.58. The van der Waals surface area contributed by atoms with Crippen molar-refractivity contribution in [1.82, 2.24) is 0 Å². The van der Waals surface area contributed by atoms with Gasteiger partial charge in [-0.15, -0.1) is 0 Å². The van der Waals surface area contributed by atoms with Crippen LogP contribution in [0.2, 0.25) is 0 Å². The molecule has 5 N–H and O–H groups in total. The maximum absolute atomic E-state index is 11.6. The van der Waals surface area contributed by atoms with Crippen LogP contribution in [-0.2, 0) is 19.1 Å². The average Bonchev–Trinajstić information content (AvgIpc) is 2.58. The van der Waals surface area contributed by atoms with Crippen molar-refractivity contribution in [2.24, 2.45) is 0 Å². The quantitative estimate of drug-likeness (QED) is 0.168. The molecule has 0 spiro atoms. The lowest BCUT2D eigenvalue weighted by Gasteiger charge is -2.29. The molecule has 1 aromatic rings. The van der Waals surface area contributed by atoms with E-state index in [1.807, 2.05) is 0 Å². The van der Waals surface area contributed by atoms with Crippen LogP contribution in [0, 0.1) is 0 Å². The van der Waals surface area contributed by atoms with Gasteiger partial charge >= 0.3 is 5.97 Å². The Kier molecular flexibility index (Phi) is 7.07. The summed E-state index contributed by atoms with van der Waals surface area (Å²) >= 11 is 0. The molecule has 0 bridgehead atoms. The number of rotatable bonds is 8. The number of esters is 1. The molecule has 26 heavy (non-hydrogen) atoms. The second-order valence-corrected chi connectivity index (χ2v) is 5.00. The van der Waals surface area contributed by atoms with Crippen molar-refractivity contribution >= 4 is 24.0 Å². The smallest absolute Gasteiger partial charge is 0.331 e. The first-order valence-corrected chi connectivity index (χ1v) is 6.91. The summed E-state index contributed by atoms with van der Waals surface area (Å²) in [5, 5.41) is 67.8. The van der Waals surface area contributed by atoms with Gasteiger partial charge in [-0.1, -0.05) is 6.07 Å². The minimum Gasteiger partial charge on any atom is -0.547 e. The Morgan fingerprint density at radius 2 is 1.58 bits per heavy atom. The van der Waals surface area contributed by atoms with E-state index in [1.165, 1.54) is 6.07 Å². The van der Waals surface area contributed by atoms with Crippen LogP contribution in [0.5, 0.6) is 11.5 Å². The molecule has 0 heterocycles. The monoisotopic (exact) mass is 370 g/mol. The highest BCUT2D eigenvalue weighted by Crippen LogP contribution is 2.25. The molecule has 0 aromatic heterocycles. The van der Waals surface area contributed by atoms with Gasteiger partial charge in [-0.2, -0.15) is 0 Å². The van der Waals surface area contributed by atoms with Gasteiger partial charge in [0.2, 0.25) is 0 Å². The molecule has 1 rings (SSSR count). The molecule has 0 amide bonds. The Morgan fingerprint density at radius 3 is 2.08 bits per heavy atom. The second-order valence-electron chi connectivity index (χ2n) is 5.00. The fourth-order valence-electron chi connectivity index (χ4n) is 1.74. The lowest BCUT2D eigenvalue weighted by molar-refractivity contribution is -0.327. The van der Waals surface area contributed by atoms with Crippen LogP contribution in [0.4, 0.5) is 0 Å². The molecule has 0 radical (unpaired) electrons. The molecule has 0 saturated carbocycles. The molecule has 0 aliphatic heterocycles. The third-order valence-corrected chi connectivity index (χ3v) is 3.11. The molecular weight excluding hydrogens is 356 g/mol. The number of aliphatic carboxylic acids is 2. The zero-order chi connectivity index (χ0) is 20.0. The highest BCUT2D eigenvalue weighted by molar-refractivity contribution is 5.89. The number of benzene rings is 1. The molecule has 1 aromatic carbocycles. The van der Waals surface area contributed by atoms with Crippen LogP contribution in [0.15, 0.2) is 24.3 Å². The fourth-order valence-corrected chi connectivity index (χ4v) is 1.74. The number of hydrogen-bond donors (Lipinski definition) is 5. The number of carbonyl (C=O) groups excluding carboxylic acids is 3. The Hall–Kier alpha value is -3.15. The van der Waals surface area contributed by atoms with Crippen LogP contribution in [0.1, 0.15) is 5.56 Å². The minimum atomic E-state index is -2.64. The normalized spacial score (nSPS) is 15.8. The predicted molar refractivity (Wildman–Crippen MR) is 76.7 cm³/mol. The lowest BCUT2D eigenvalue weighted by atomic mass is 10.0. The molecule has 0 fully saturated rings. The summed E-state index contributed by atoms with van der Waals surface area (Å²) in [6.07, 6.45) is -8.44. The number of phenolic OH excluding ortho intramolecular Hbond substituents is 2. The van der Waals surface area contributed by atoms with E-state index < -0.39 is 53.8 Å². The van der Waals surface area contributed by atoms with Crippen LogP contribution >= 0.6 is 0 Å². The minimum absolute atomic E-state index is 0.218. The standard InChI is InChI=1S/C15H16O11/c16-7-3-1-6(5-8(7)17)2-4-9(18)26-13(15(24)25)11(20)10(19)12(21)14(22)23/h1-5,10-13,16-17,19-21H,(H,22,23)(H,24,25)/p-2/b4-2+/t10-,11-,12-,13+/m0/s1. The van der Waals surface area contributed by atoms with Crippen molar-refractivity contribution in [3.63, 3.8) is 0 Å². The number of aliphatic hydroxyl groups excluding tert-OH is 3. The number of hydrogen-bond acceptors (Lipinski definition) is 11. The number of phenols is 2. The van der Waals surface area contributed by atoms with Crippen LogP contribution in [0.3, 0.4) is 0 Å². The fraction of sp³-hybridized carbons (Fsp3) is 0.267. The second kappa shape index (κ2) is 8.80. The van der Waals surface area contributed by atoms with Gasteiger partial charge in [0.1, 0.15) is 18.3 Å². The molecule has 11 nitrogen and oxygen atoms in total. The Labute approximate surface area is 145 Å². The highest BCUT2D eigenvalue weighted by atomic mass is 16.6. The van der Waals surface area contributed by atoms with Crippen LogP contribution < -0.4 is 10.2 Å². The third kappa shape index (κ3) is 5.44. The highest BCUT2D eigenvalue weighted by Gasteiger charge is 2.35. The van der Waals surface area contributed by atoms with Crippen LogP contribution in [0.25, 0.3) is 6.08 Å². The number of ether oxygens (including phenoxy) is 1. The first-order valence-electron chi connectivity index (χ1n) is 6.91. The van der Waals surface area contributed by atoms with E-state index in [9.17, 15) is 39.9 Å². The maximum Gasteiger partial charge on any atom is 0.331 e. The summed E-state index contributed by atoms with van der Waals surface area (Å²) in [7, 11) is 0. The molecular formula is C15H14O11-2. The van der Waals surface area contributed by atoms with Crippen molar-refractivity contribution in [2.45, 2.75) is 24.4 Å². The van der Waals surface area contributed by atoms with Gasteiger partial charge in [-0.3, -0.25) is 0 Å². The van der Waals surface area contributed by atoms with E-state index in [-0.39, 0.29) is 5.56 Å². The van der Waals surface area contributed by atoms with Crippen molar-refractivity contribution in [3.05, 3.63) is 29.8 Å². The SMILES string of the molecule is O=C(/C=C/c1ccc(O)c(O)c1)O[C@@H](C(=O)[O-])[C@@H](O)[C@H](O)[C@H](O)C(=O)[O-]. The topological polar surface area (TPSA) is 208 Å². The van der Waals surface area contributed by atoms with E-state index in [2.05, 4.69) is 4.74 Å². The molecule has 0 unspecified atom stereocenters. The largest absolute Gasteiger partial charge is 0.547 e. The number of carbonyl (C=O) groups is 3. The van der Waals surface area contributed by atoms with E-state index >= 15 is 0 Å². The van der Waals surface area contributed by atoms with Crippen molar-refractivity contribution < 1.29 is 54.9 Å². The van der Waals surface area contributed by atoms with E-state index in [0.717, 1.165) is 18.2 Å². The molecule has 0 aliphatic rings. The van der Waals surface area contributed by atoms with E-state index in [4.69, 9.17) is 10.2 Å². The first-order chi connectivity index (χ1) is 12.0. The molecule has 4 atom stereocenters. The third-order valence-electron chi connectivity index (χ3n) is 3.11. The molecule has 11 heteroatoms. The Balaban J connectivity index is 2.84. The van der Waals surface area contributed by atoms with Crippen LogP contribution in [-0.4, -0.2) is 67.9 Å². The summed E-state index contributed by atoms with van der Waals surface area (Å²) in [4.78, 5) is 33.0. The van der Waals surface area contributed by atoms with Crippen molar-refractivity contribution in [2.75, 3.05) is 0 Å². The van der Waals surface area contributed by atoms with Gasteiger partial charge in [0.05, 0.1) is 11.9 Å². The van der Waals surface area contributed by atoms with Crippen molar-refractivity contribution in [1.29, 1.82) is 0 Å². The molecule has 0 aliphatic carbocycles. The van der Waals surface area contributed by atoms with E-state index in [0.29, 0.717) is 6.08 Å². The predicted octanol–water partition coefficient (Wildman–Crippen LogP) is -4.39. The van der Waals surface area contributed by atoms with Gasteiger partial charge in [-0.05, 0) is 23.8 Å². The first kappa shape index (κ1) is 20.9. The Bertz CT molecular complexity index is 712. The molecule has 0 saturated heterocycles. The van der Waals surface area contributed by atoms with Gasteiger partial charge < -0.3 is 50.1 Å². The lowest BCUT2D eigenvalue weighted by Crippen LogP contribution is -2.56. The summed E-state index contributed by atoms with van der Waals surface area (Å²) < 4.78 is 4.37. The number of aliphatic hydroxyl groups is 3. The van der Waals surface area contributed by atoms with Crippen molar-refractivity contribution in [3.8, 4) is 11.5 Å². The Morgan fingerprint density at radius 1 is 0.962 bits per heavy atom. The zero-order valence-corrected chi connectivity index (χ0v) is 12.9. The van der Waals surface area contributed by atoms with E-state index in [1.54, 1.807) is 0 Å². The van der Waals surface area contributed by atoms with Gasteiger partial charge in [0.25, 0.3) is 0 Å². The summed E-state index contributed by atoms with van der Waals surface area (Å²) in [6, 6.07) is 3.49. The summed E-state index contributed by atoms with van der Waals surface area (Å²) in [6.45, 7) is 0. The maximum atomic E-state index is 11.6. The molecule has 142 valence electrons. The average molecular weight is 370 g/mol. The number of carboxylic acids is 2. The van der Waals surface area contributed by atoms with Gasteiger partial charge in [-0.25, -0.2) is 4.79 Å². The number of carboxylic acid groups (broad SMARTS) is 2. The van der Waals surface area contributed by atoms with Gasteiger partial charge in [0, 0.05) is 6.08 Å². The number of aromatic hydroxyl groups is 2. The summed E-state index contributed by atoms with van der Waals surface area (Å²) in [5.41, 5.74) is 0.218. The van der Waals surface area contributed by atoms with Gasteiger partial charge in [0.15, 0.2) is 17.6 Å².